The fourth-order valence-corrected chi connectivity index (χ4v) is 3.05. The molecule has 1 aromatic carbocycles. The van der Waals surface area contributed by atoms with Gasteiger partial charge < -0.3 is 14.6 Å². The molecule has 0 saturated heterocycles. The fraction of sp³-hybridized carbons (Fsp3) is 0.368. The largest absolute Gasteiger partial charge is 0.490 e. The smallest absolute Gasteiger partial charge is 0.303 e. The van der Waals surface area contributed by atoms with Crippen molar-refractivity contribution in [1.29, 1.82) is 0 Å². The van der Waals surface area contributed by atoms with E-state index in [9.17, 15) is 4.79 Å². The number of nitrogens with zero attached hydrogens (tertiary/aromatic N) is 1. The lowest BCUT2D eigenvalue weighted by Gasteiger charge is -2.11. The number of carboxylic acids is 1. The molecule has 5 heteroatoms. The number of carboxylic acid groups (broad SMARTS) is 1. The summed E-state index contributed by atoms with van der Waals surface area (Å²) in [7, 11) is 0. The number of fused-ring (bicyclic) bond motifs is 1. The minimum absolute atomic E-state index is 0.129. The molecule has 1 aliphatic carbocycles. The number of hydrogen-bond donors (Lipinski definition) is 1. The zero-order chi connectivity index (χ0) is 16.9. The lowest BCUT2D eigenvalue weighted by atomic mass is 9.98. The van der Waals surface area contributed by atoms with E-state index < -0.39 is 5.97 Å². The van der Waals surface area contributed by atoms with Crippen molar-refractivity contribution in [1.82, 2.24) is 4.98 Å². The molecule has 1 atom stereocenters. The Morgan fingerprint density at radius 2 is 1.96 bits per heavy atom. The number of benzene rings is 1. The van der Waals surface area contributed by atoms with Gasteiger partial charge in [0.2, 0.25) is 0 Å². The van der Waals surface area contributed by atoms with Crippen LogP contribution < -0.4 is 9.47 Å². The third kappa shape index (κ3) is 4.04. The molecule has 1 N–H and O–H groups in total. The van der Waals surface area contributed by atoms with Crippen LogP contribution >= 0.6 is 0 Å². The molecule has 126 valence electrons. The first-order chi connectivity index (χ1) is 11.6. The highest BCUT2D eigenvalue weighted by atomic mass is 16.5. The van der Waals surface area contributed by atoms with Gasteiger partial charge in [-0.05, 0) is 61.1 Å². The number of rotatable bonds is 7. The van der Waals surface area contributed by atoms with E-state index in [0.717, 1.165) is 35.6 Å². The Hall–Kier alpha value is -2.56. The van der Waals surface area contributed by atoms with Crippen LogP contribution in [-0.4, -0.2) is 29.3 Å². The van der Waals surface area contributed by atoms with Crippen LogP contribution in [0.5, 0.6) is 11.5 Å². The van der Waals surface area contributed by atoms with Gasteiger partial charge in [-0.25, -0.2) is 0 Å². The van der Waals surface area contributed by atoms with E-state index in [-0.39, 0.29) is 12.3 Å². The van der Waals surface area contributed by atoms with Crippen LogP contribution in [0.4, 0.5) is 0 Å². The van der Waals surface area contributed by atoms with Gasteiger partial charge in [0.15, 0.2) is 0 Å². The van der Waals surface area contributed by atoms with Gasteiger partial charge in [0.05, 0.1) is 12.6 Å². The predicted molar refractivity (Wildman–Crippen MR) is 89.7 cm³/mol. The molecule has 0 amide bonds. The lowest BCUT2D eigenvalue weighted by molar-refractivity contribution is -0.137. The van der Waals surface area contributed by atoms with Crippen molar-refractivity contribution in [3.8, 4) is 11.5 Å². The molecule has 3 rings (SSSR count). The van der Waals surface area contributed by atoms with Crippen molar-refractivity contribution in [3.05, 3.63) is 53.3 Å². The minimum Gasteiger partial charge on any atom is -0.490 e. The number of pyridine rings is 1. The third-order valence-electron chi connectivity index (χ3n) is 4.24. The topological polar surface area (TPSA) is 68.7 Å². The molecule has 1 aliphatic rings. The van der Waals surface area contributed by atoms with Crippen LogP contribution in [-0.2, 0) is 11.2 Å². The summed E-state index contributed by atoms with van der Waals surface area (Å²) in [5.41, 5.74) is 3.30. The van der Waals surface area contributed by atoms with Gasteiger partial charge in [-0.1, -0.05) is 6.07 Å². The van der Waals surface area contributed by atoms with Crippen molar-refractivity contribution in [2.45, 2.75) is 32.1 Å². The van der Waals surface area contributed by atoms with Gasteiger partial charge in [-0.3, -0.25) is 9.78 Å². The van der Waals surface area contributed by atoms with Gasteiger partial charge >= 0.3 is 5.97 Å². The Bertz CT molecular complexity index is 712. The molecule has 0 saturated carbocycles. The van der Waals surface area contributed by atoms with Gasteiger partial charge in [0.1, 0.15) is 24.7 Å². The Balaban J connectivity index is 1.50. The summed E-state index contributed by atoms with van der Waals surface area (Å²) in [5, 5.41) is 8.96. The predicted octanol–water partition coefficient (Wildman–Crippen LogP) is 3.35. The minimum atomic E-state index is -0.740. The van der Waals surface area contributed by atoms with E-state index in [1.54, 1.807) is 6.20 Å². The van der Waals surface area contributed by atoms with E-state index in [2.05, 4.69) is 4.98 Å². The fourth-order valence-electron chi connectivity index (χ4n) is 3.05. The molecule has 0 fully saturated rings. The lowest BCUT2D eigenvalue weighted by Crippen LogP contribution is -2.09. The van der Waals surface area contributed by atoms with Gasteiger partial charge in [0.25, 0.3) is 0 Å². The number of aryl methyl sites for hydroxylation is 2. The van der Waals surface area contributed by atoms with Crippen molar-refractivity contribution >= 4 is 5.97 Å². The number of ether oxygens (including phenoxy) is 2. The van der Waals surface area contributed by atoms with Crippen LogP contribution in [0.2, 0.25) is 0 Å². The van der Waals surface area contributed by atoms with Crippen molar-refractivity contribution in [2.24, 2.45) is 0 Å². The molecule has 0 unspecified atom stereocenters. The van der Waals surface area contributed by atoms with Crippen LogP contribution in [0.25, 0.3) is 0 Å². The zero-order valence-electron chi connectivity index (χ0n) is 13.7. The van der Waals surface area contributed by atoms with Crippen molar-refractivity contribution in [2.75, 3.05) is 13.2 Å². The van der Waals surface area contributed by atoms with Crippen LogP contribution in [0, 0.1) is 6.92 Å². The molecule has 1 heterocycles. The van der Waals surface area contributed by atoms with E-state index in [0.29, 0.717) is 13.2 Å². The second-order valence-corrected chi connectivity index (χ2v) is 6.03. The first-order valence-corrected chi connectivity index (χ1v) is 8.14. The zero-order valence-corrected chi connectivity index (χ0v) is 13.7. The highest BCUT2D eigenvalue weighted by molar-refractivity contribution is 5.68. The van der Waals surface area contributed by atoms with E-state index in [4.69, 9.17) is 14.6 Å². The van der Waals surface area contributed by atoms with Crippen molar-refractivity contribution in [3.63, 3.8) is 0 Å². The maximum absolute atomic E-state index is 10.9. The van der Waals surface area contributed by atoms with E-state index >= 15 is 0 Å². The number of aliphatic carboxylic acids is 1. The van der Waals surface area contributed by atoms with Gasteiger partial charge in [0, 0.05) is 5.69 Å². The SMILES string of the molecule is Cc1ccc(OCCOc2ccc3c(c2)CC[C@H]3CC(=O)O)cn1. The molecule has 5 nitrogen and oxygen atoms in total. The monoisotopic (exact) mass is 327 g/mol. The molecular weight excluding hydrogens is 306 g/mol. The average Bonchev–Trinajstić information content (AvgIpc) is 2.95. The molecule has 1 aromatic heterocycles. The van der Waals surface area contributed by atoms with E-state index in [1.807, 2.05) is 37.3 Å². The van der Waals surface area contributed by atoms with E-state index in [1.165, 1.54) is 5.56 Å². The summed E-state index contributed by atoms with van der Waals surface area (Å²) in [5.74, 6) is 0.921. The number of carbonyl (C=O) groups is 1. The normalized spacial score (nSPS) is 15.8. The summed E-state index contributed by atoms with van der Waals surface area (Å²) in [6.07, 6.45) is 3.71. The average molecular weight is 327 g/mol. The quantitative estimate of drug-likeness (QED) is 0.790. The summed E-state index contributed by atoms with van der Waals surface area (Å²) in [4.78, 5) is 15.1. The summed E-state index contributed by atoms with van der Waals surface area (Å²) >= 11 is 0. The molecule has 2 aromatic rings. The highest BCUT2D eigenvalue weighted by Gasteiger charge is 2.24. The molecule has 0 spiro atoms. The first-order valence-electron chi connectivity index (χ1n) is 8.14. The maximum Gasteiger partial charge on any atom is 0.303 e. The Labute approximate surface area is 141 Å². The highest BCUT2D eigenvalue weighted by Crippen LogP contribution is 2.37. The standard InChI is InChI=1S/C19H21NO4/c1-13-2-5-17(12-20-13)24-9-8-23-16-6-7-18-14(10-16)3-4-15(18)11-19(21)22/h2,5-7,10,12,15H,3-4,8-9,11H2,1H3,(H,21,22)/t15-/m0/s1. The second kappa shape index (κ2) is 7.34. The second-order valence-electron chi connectivity index (χ2n) is 6.03. The molecule has 0 radical (unpaired) electrons. The van der Waals surface area contributed by atoms with Gasteiger partial charge in [-0.15, -0.1) is 0 Å². The van der Waals surface area contributed by atoms with Crippen molar-refractivity contribution < 1.29 is 19.4 Å². The molecule has 24 heavy (non-hydrogen) atoms. The molecule has 0 aliphatic heterocycles. The van der Waals surface area contributed by atoms with Crippen LogP contribution in [0.15, 0.2) is 36.5 Å². The van der Waals surface area contributed by atoms with Crippen LogP contribution in [0.3, 0.4) is 0 Å². The Morgan fingerprint density at radius 1 is 1.21 bits per heavy atom. The number of hydrogen-bond acceptors (Lipinski definition) is 4. The molecule has 0 bridgehead atoms. The summed E-state index contributed by atoms with van der Waals surface area (Å²) < 4.78 is 11.3. The number of aromatic nitrogens is 1. The maximum atomic E-state index is 10.9. The molecular formula is C19H21NO4. The third-order valence-corrected chi connectivity index (χ3v) is 4.24. The Kier molecular flexibility index (Phi) is 4.99. The first kappa shape index (κ1) is 16.3. The summed E-state index contributed by atoms with van der Waals surface area (Å²) in [6.45, 7) is 2.83. The Morgan fingerprint density at radius 3 is 2.67 bits per heavy atom. The summed E-state index contributed by atoms with van der Waals surface area (Å²) in [6, 6.07) is 9.72. The van der Waals surface area contributed by atoms with Gasteiger partial charge in [-0.2, -0.15) is 0 Å². The van der Waals surface area contributed by atoms with Crippen LogP contribution in [0.1, 0.15) is 35.6 Å².